The van der Waals surface area contributed by atoms with Crippen LogP contribution in [0.2, 0.25) is 0 Å². The molecule has 23 heavy (non-hydrogen) atoms. The van der Waals surface area contributed by atoms with Gasteiger partial charge in [-0.3, -0.25) is 19.7 Å². The molecule has 0 aliphatic carbocycles. The molecule has 2 heterocycles. The molecule has 2 aliphatic heterocycles. The van der Waals surface area contributed by atoms with E-state index in [1.54, 1.807) is 11.0 Å². The smallest absolute Gasteiger partial charge is 0.255 e. The first-order valence-electron chi connectivity index (χ1n) is 7.61. The van der Waals surface area contributed by atoms with Crippen molar-refractivity contribution >= 4 is 23.3 Å². The van der Waals surface area contributed by atoms with Crippen LogP contribution in [0.1, 0.15) is 41.3 Å². The average molecular weight is 310 g/mol. The van der Waals surface area contributed by atoms with E-state index in [2.05, 4.69) is 11.9 Å². The van der Waals surface area contributed by atoms with Gasteiger partial charge in [-0.25, -0.2) is 0 Å². The number of imide groups is 1. The summed E-state index contributed by atoms with van der Waals surface area (Å²) < 4.78 is 0. The quantitative estimate of drug-likeness (QED) is 0.686. The molecule has 0 saturated carbocycles. The summed E-state index contributed by atoms with van der Waals surface area (Å²) in [6.45, 7) is 6.31. The van der Waals surface area contributed by atoms with Gasteiger partial charge < -0.3 is 4.90 Å². The van der Waals surface area contributed by atoms with E-state index in [1.165, 1.54) is 0 Å². The molecule has 1 fully saturated rings. The van der Waals surface area contributed by atoms with Crippen LogP contribution in [0.5, 0.6) is 0 Å². The second kappa shape index (κ2) is 5.83. The van der Waals surface area contributed by atoms with Crippen LogP contribution in [0.3, 0.4) is 0 Å². The molecule has 3 amide bonds. The predicted molar refractivity (Wildman–Crippen MR) is 86.3 cm³/mol. The number of hydrogen-bond acceptors (Lipinski definition) is 3. The number of carbonyl (C=O) groups excluding carboxylic acids is 3. The third kappa shape index (κ3) is 2.70. The summed E-state index contributed by atoms with van der Waals surface area (Å²) in [5, 5.41) is 2.30. The number of nitrogens with zero attached hydrogens (tertiary/aromatic N) is 1. The molecule has 1 saturated heterocycles. The highest BCUT2D eigenvalue weighted by Gasteiger charge is 2.38. The van der Waals surface area contributed by atoms with Gasteiger partial charge in [0.05, 0.1) is 0 Å². The Balaban J connectivity index is 1.85. The molecule has 1 unspecified atom stereocenters. The number of benzene rings is 1. The molecule has 0 bridgehead atoms. The Kier molecular flexibility index (Phi) is 3.86. The Morgan fingerprint density at radius 3 is 2.83 bits per heavy atom. The highest BCUT2D eigenvalue weighted by Crippen LogP contribution is 2.29. The minimum atomic E-state index is -0.574. The van der Waals surface area contributed by atoms with Gasteiger partial charge in [0.2, 0.25) is 11.8 Å². The standard InChI is InChI=1S/C18H18N2O3/c1-3-4-11(2)12-5-6-14-13(9-12)10-20(18(14)23)15-7-8-16(21)19-17(15)22/h3-6,9,15H,2,7-8,10H2,1H3,(H,19,21,22)/b4-3-. The number of nitrogens with one attached hydrogen (secondary N) is 1. The summed E-state index contributed by atoms with van der Waals surface area (Å²) >= 11 is 0. The Morgan fingerprint density at radius 2 is 2.13 bits per heavy atom. The molecule has 3 rings (SSSR count). The average Bonchev–Trinajstić information content (AvgIpc) is 2.84. The molecule has 0 spiro atoms. The lowest BCUT2D eigenvalue weighted by atomic mass is 10.0. The zero-order valence-electron chi connectivity index (χ0n) is 13.0. The van der Waals surface area contributed by atoms with Crippen LogP contribution >= 0.6 is 0 Å². The number of allylic oxidation sites excluding steroid dienone is 3. The van der Waals surface area contributed by atoms with Gasteiger partial charge in [0.25, 0.3) is 5.91 Å². The van der Waals surface area contributed by atoms with Crippen molar-refractivity contribution in [2.45, 2.75) is 32.4 Å². The molecule has 5 nitrogen and oxygen atoms in total. The van der Waals surface area contributed by atoms with Gasteiger partial charge in [0, 0.05) is 18.5 Å². The number of amides is 3. The second-order valence-electron chi connectivity index (χ2n) is 5.80. The number of fused-ring (bicyclic) bond motifs is 1. The molecule has 0 radical (unpaired) electrons. The Hall–Kier alpha value is -2.69. The first-order chi connectivity index (χ1) is 11.0. The third-order valence-electron chi connectivity index (χ3n) is 4.26. The highest BCUT2D eigenvalue weighted by molar-refractivity contribution is 6.05. The van der Waals surface area contributed by atoms with Crippen molar-refractivity contribution in [1.29, 1.82) is 0 Å². The summed E-state index contributed by atoms with van der Waals surface area (Å²) in [6.07, 6.45) is 4.47. The van der Waals surface area contributed by atoms with E-state index >= 15 is 0 Å². The lowest BCUT2D eigenvalue weighted by Gasteiger charge is -2.29. The summed E-state index contributed by atoms with van der Waals surface area (Å²) in [5.41, 5.74) is 3.34. The molecule has 5 heteroatoms. The number of rotatable bonds is 3. The molecule has 118 valence electrons. The van der Waals surface area contributed by atoms with Gasteiger partial charge in [-0.2, -0.15) is 0 Å². The Morgan fingerprint density at radius 1 is 1.35 bits per heavy atom. The highest BCUT2D eigenvalue weighted by atomic mass is 16.2. The third-order valence-corrected chi connectivity index (χ3v) is 4.26. The minimum Gasteiger partial charge on any atom is -0.322 e. The Bertz CT molecular complexity index is 749. The van der Waals surface area contributed by atoms with Crippen LogP contribution in [0, 0.1) is 0 Å². The summed E-state index contributed by atoms with van der Waals surface area (Å²) in [4.78, 5) is 37.4. The maximum atomic E-state index is 12.6. The monoisotopic (exact) mass is 310 g/mol. The van der Waals surface area contributed by atoms with Crippen molar-refractivity contribution < 1.29 is 14.4 Å². The zero-order chi connectivity index (χ0) is 16.6. The van der Waals surface area contributed by atoms with E-state index in [4.69, 9.17) is 0 Å². The first kappa shape index (κ1) is 15.2. The molecule has 1 aromatic carbocycles. The fraction of sp³-hybridized carbons (Fsp3) is 0.278. The lowest BCUT2D eigenvalue weighted by Crippen LogP contribution is -2.52. The van der Waals surface area contributed by atoms with E-state index in [9.17, 15) is 14.4 Å². The molecule has 0 aromatic heterocycles. The number of carbonyl (C=O) groups is 3. The molecule has 2 aliphatic rings. The fourth-order valence-electron chi connectivity index (χ4n) is 3.07. The molecule has 1 aromatic rings. The van der Waals surface area contributed by atoms with Crippen molar-refractivity contribution in [3.05, 3.63) is 53.6 Å². The SMILES string of the molecule is C=C(/C=C\C)c1ccc2c(c1)CN(C1CCC(=O)NC1=O)C2=O. The van der Waals surface area contributed by atoms with Crippen LogP contribution < -0.4 is 5.32 Å². The van der Waals surface area contributed by atoms with Crippen molar-refractivity contribution in [2.75, 3.05) is 0 Å². The summed E-state index contributed by atoms with van der Waals surface area (Å²) in [6, 6.07) is 5.02. The maximum Gasteiger partial charge on any atom is 0.255 e. The van der Waals surface area contributed by atoms with Gasteiger partial charge in [-0.15, -0.1) is 0 Å². The van der Waals surface area contributed by atoms with Crippen LogP contribution in [-0.4, -0.2) is 28.7 Å². The van der Waals surface area contributed by atoms with Gasteiger partial charge in [-0.05, 0) is 42.2 Å². The van der Waals surface area contributed by atoms with Crippen molar-refractivity contribution in [2.24, 2.45) is 0 Å². The van der Waals surface area contributed by atoms with Crippen LogP contribution in [0.25, 0.3) is 5.57 Å². The van der Waals surface area contributed by atoms with E-state index in [1.807, 2.05) is 31.2 Å². The summed E-state index contributed by atoms with van der Waals surface area (Å²) in [5.74, 6) is -0.820. The van der Waals surface area contributed by atoms with E-state index in [0.29, 0.717) is 18.5 Å². The van der Waals surface area contributed by atoms with Gasteiger partial charge in [-0.1, -0.05) is 24.8 Å². The van der Waals surface area contributed by atoms with E-state index < -0.39 is 6.04 Å². The van der Waals surface area contributed by atoms with Crippen molar-refractivity contribution in [3.63, 3.8) is 0 Å². The van der Waals surface area contributed by atoms with Gasteiger partial charge in [0.1, 0.15) is 6.04 Å². The van der Waals surface area contributed by atoms with Crippen LogP contribution in [0.4, 0.5) is 0 Å². The largest absolute Gasteiger partial charge is 0.322 e. The normalized spacial score (nSPS) is 20.8. The first-order valence-corrected chi connectivity index (χ1v) is 7.61. The lowest BCUT2D eigenvalue weighted by molar-refractivity contribution is -0.136. The topological polar surface area (TPSA) is 66.5 Å². The number of hydrogen-bond donors (Lipinski definition) is 1. The maximum absolute atomic E-state index is 12.6. The molecule has 1 atom stereocenters. The number of piperidine rings is 1. The van der Waals surface area contributed by atoms with Crippen molar-refractivity contribution in [3.8, 4) is 0 Å². The van der Waals surface area contributed by atoms with E-state index in [0.717, 1.165) is 16.7 Å². The van der Waals surface area contributed by atoms with Crippen LogP contribution in [0.15, 0.2) is 36.9 Å². The van der Waals surface area contributed by atoms with E-state index in [-0.39, 0.29) is 24.1 Å². The van der Waals surface area contributed by atoms with Gasteiger partial charge >= 0.3 is 0 Å². The minimum absolute atomic E-state index is 0.155. The summed E-state index contributed by atoms with van der Waals surface area (Å²) in [7, 11) is 0. The zero-order valence-corrected chi connectivity index (χ0v) is 13.0. The molecular weight excluding hydrogens is 292 g/mol. The van der Waals surface area contributed by atoms with Gasteiger partial charge in [0.15, 0.2) is 0 Å². The van der Waals surface area contributed by atoms with Crippen LogP contribution in [-0.2, 0) is 16.1 Å². The van der Waals surface area contributed by atoms with Crippen molar-refractivity contribution in [1.82, 2.24) is 10.2 Å². The second-order valence-corrected chi connectivity index (χ2v) is 5.80. The molecule has 1 N–H and O–H groups in total. The predicted octanol–water partition coefficient (Wildman–Crippen LogP) is 2.04. The fourth-order valence-corrected chi connectivity index (χ4v) is 3.07. The Labute approximate surface area is 134 Å². The molecular formula is C18H18N2O3.